The lowest BCUT2D eigenvalue weighted by Crippen LogP contribution is -2.26. The zero-order valence-corrected chi connectivity index (χ0v) is 10.5. The second kappa shape index (κ2) is 5.32. The van der Waals surface area contributed by atoms with Crippen molar-refractivity contribution < 1.29 is 9.47 Å². The maximum Gasteiger partial charge on any atom is 0.119 e. The molecule has 1 unspecified atom stereocenters. The monoisotopic (exact) mass is 223 g/mol. The van der Waals surface area contributed by atoms with Gasteiger partial charge in [0.2, 0.25) is 0 Å². The maximum atomic E-state index is 6.05. The van der Waals surface area contributed by atoms with E-state index in [9.17, 15) is 0 Å². The molecule has 0 saturated heterocycles. The normalized spacial score (nSPS) is 13.6. The van der Waals surface area contributed by atoms with Crippen LogP contribution in [-0.2, 0) is 4.74 Å². The van der Waals surface area contributed by atoms with Gasteiger partial charge in [-0.2, -0.15) is 0 Å². The largest absolute Gasteiger partial charge is 0.497 e. The summed E-state index contributed by atoms with van der Waals surface area (Å²) >= 11 is 0. The summed E-state index contributed by atoms with van der Waals surface area (Å²) in [4.78, 5) is 0. The van der Waals surface area contributed by atoms with Crippen molar-refractivity contribution in [2.45, 2.75) is 32.4 Å². The first kappa shape index (κ1) is 13.0. The van der Waals surface area contributed by atoms with Crippen LogP contribution in [0.25, 0.3) is 0 Å². The van der Waals surface area contributed by atoms with E-state index in [1.807, 2.05) is 45.0 Å². The molecule has 0 heterocycles. The minimum atomic E-state index is -0.156. The van der Waals surface area contributed by atoms with E-state index >= 15 is 0 Å². The standard InChI is InChI=1S/C13H21NO2/c1-13(2,3)16-9-12(14)10-6-5-7-11(8-10)15-4/h5-8,12H,9,14H2,1-4H3. The van der Waals surface area contributed by atoms with Gasteiger partial charge in [0.15, 0.2) is 0 Å². The molecule has 0 bridgehead atoms. The van der Waals surface area contributed by atoms with E-state index in [0.717, 1.165) is 11.3 Å². The second-order valence-electron chi connectivity index (χ2n) is 4.81. The molecule has 90 valence electrons. The highest BCUT2D eigenvalue weighted by Gasteiger charge is 2.14. The smallest absolute Gasteiger partial charge is 0.119 e. The molecule has 16 heavy (non-hydrogen) atoms. The van der Waals surface area contributed by atoms with Gasteiger partial charge in [-0.3, -0.25) is 0 Å². The van der Waals surface area contributed by atoms with Crippen molar-refractivity contribution in [3.8, 4) is 5.75 Å². The fraction of sp³-hybridized carbons (Fsp3) is 0.538. The van der Waals surface area contributed by atoms with Crippen LogP contribution in [0.15, 0.2) is 24.3 Å². The van der Waals surface area contributed by atoms with E-state index in [1.54, 1.807) is 7.11 Å². The fourth-order valence-electron chi connectivity index (χ4n) is 1.31. The molecule has 0 radical (unpaired) electrons. The molecule has 0 amide bonds. The van der Waals surface area contributed by atoms with Crippen LogP contribution in [0.1, 0.15) is 32.4 Å². The SMILES string of the molecule is COc1cccc(C(N)COC(C)(C)C)c1. The van der Waals surface area contributed by atoms with E-state index in [0.29, 0.717) is 6.61 Å². The van der Waals surface area contributed by atoms with E-state index < -0.39 is 0 Å². The quantitative estimate of drug-likeness (QED) is 0.853. The number of hydrogen-bond acceptors (Lipinski definition) is 3. The van der Waals surface area contributed by atoms with Crippen molar-refractivity contribution in [2.24, 2.45) is 5.73 Å². The average Bonchev–Trinajstić information content (AvgIpc) is 2.25. The first-order valence-electron chi connectivity index (χ1n) is 5.46. The second-order valence-corrected chi connectivity index (χ2v) is 4.81. The van der Waals surface area contributed by atoms with Crippen molar-refractivity contribution in [3.05, 3.63) is 29.8 Å². The molecule has 3 heteroatoms. The highest BCUT2D eigenvalue weighted by Crippen LogP contribution is 2.19. The predicted molar refractivity (Wildman–Crippen MR) is 65.6 cm³/mol. The zero-order chi connectivity index (χ0) is 12.2. The Morgan fingerprint density at radius 2 is 2.00 bits per heavy atom. The Labute approximate surface area is 97.6 Å². The molecule has 0 aliphatic heterocycles. The minimum absolute atomic E-state index is 0.116. The molecule has 1 rings (SSSR count). The summed E-state index contributed by atoms with van der Waals surface area (Å²) in [6, 6.07) is 7.65. The highest BCUT2D eigenvalue weighted by atomic mass is 16.5. The van der Waals surface area contributed by atoms with Gasteiger partial charge >= 0.3 is 0 Å². The predicted octanol–water partition coefficient (Wildman–Crippen LogP) is 2.51. The van der Waals surface area contributed by atoms with Crippen molar-refractivity contribution in [3.63, 3.8) is 0 Å². The van der Waals surface area contributed by atoms with E-state index in [1.165, 1.54) is 0 Å². The van der Waals surface area contributed by atoms with Crippen molar-refractivity contribution in [2.75, 3.05) is 13.7 Å². The molecule has 0 aliphatic carbocycles. The van der Waals surface area contributed by atoms with Crippen LogP contribution in [0.2, 0.25) is 0 Å². The summed E-state index contributed by atoms with van der Waals surface area (Å²) in [5.41, 5.74) is 6.92. The Hall–Kier alpha value is -1.06. The summed E-state index contributed by atoms with van der Waals surface area (Å²) in [5, 5.41) is 0. The number of rotatable bonds is 4. The third-order valence-electron chi connectivity index (χ3n) is 2.22. The van der Waals surface area contributed by atoms with Crippen LogP contribution in [0.3, 0.4) is 0 Å². The van der Waals surface area contributed by atoms with E-state index in [4.69, 9.17) is 15.2 Å². The van der Waals surface area contributed by atoms with E-state index in [2.05, 4.69) is 0 Å². The Kier molecular flexibility index (Phi) is 4.33. The Morgan fingerprint density at radius 1 is 1.31 bits per heavy atom. The van der Waals surface area contributed by atoms with Crippen molar-refractivity contribution in [1.82, 2.24) is 0 Å². The first-order valence-corrected chi connectivity index (χ1v) is 5.46. The van der Waals surface area contributed by atoms with Gasteiger partial charge in [0.1, 0.15) is 5.75 Å². The molecule has 1 atom stereocenters. The van der Waals surface area contributed by atoms with Gasteiger partial charge in [-0.05, 0) is 38.5 Å². The lowest BCUT2D eigenvalue weighted by Gasteiger charge is -2.22. The maximum absolute atomic E-state index is 6.05. The molecule has 2 N–H and O–H groups in total. The molecule has 0 fully saturated rings. The molecule has 1 aromatic rings. The van der Waals surface area contributed by atoms with Crippen molar-refractivity contribution >= 4 is 0 Å². The third kappa shape index (κ3) is 4.21. The molecule has 0 spiro atoms. The zero-order valence-electron chi connectivity index (χ0n) is 10.5. The van der Waals surface area contributed by atoms with Gasteiger partial charge in [0, 0.05) is 0 Å². The molecular weight excluding hydrogens is 202 g/mol. The number of benzene rings is 1. The average molecular weight is 223 g/mol. The molecule has 1 aromatic carbocycles. The summed E-state index contributed by atoms with van der Waals surface area (Å²) in [6.07, 6.45) is 0. The van der Waals surface area contributed by atoms with Gasteiger partial charge in [0.05, 0.1) is 25.4 Å². The van der Waals surface area contributed by atoms with Gasteiger partial charge in [0.25, 0.3) is 0 Å². The lowest BCUT2D eigenvalue weighted by molar-refractivity contribution is -0.0102. The third-order valence-corrected chi connectivity index (χ3v) is 2.22. The fourth-order valence-corrected chi connectivity index (χ4v) is 1.31. The van der Waals surface area contributed by atoms with Crippen LogP contribution in [0.4, 0.5) is 0 Å². The topological polar surface area (TPSA) is 44.5 Å². The Morgan fingerprint density at radius 3 is 2.56 bits per heavy atom. The number of methoxy groups -OCH3 is 1. The van der Waals surface area contributed by atoms with Crippen LogP contribution < -0.4 is 10.5 Å². The van der Waals surface area contributed by atoms with Gasteiger partial charge in [-0.25, -0.2) is 0 Å². The van der Waals surface area contributed by atoms with E-state index in [-0.39, 0.29) is 11.6 Å². The summed E-state index contributed by atoms with van der Waals surface area (Å²) in [7, 11) is 1.65. The molecular formula is C13H21NO2. The molecule has 0 saturated carbocycles. The number of hydrogen-bond donors (Lipinski definition) is 1. The van der Waals surface area contributed by atoms with Gasteiger partial charge in [-0.1, -0.05) is 12.1 Å². The highest BCUT2D eigenvalue weighted by molar-refractivity contribution is 5.30. The summed E-state index contributed by atoms with van der Waals surface area (Å²) in [5.74, 6) is 0.823. The van der Waals surface area contributed by atoms with Crippen LogP contribution in [0.5, 0.6) is 5.75 Å². The first-order chi connectivity index (χ1) is 7.42. The van der Waals surface area contributed by atoms with Crippen LogP contribution >= 0.6 is 0 Å². The lowest BCUT2D eigenvalue weighted by atomic mass is 10.1. The van der Waals surface area contributed by atoms with Gasteiger partial charge < -0.3 is 15.2 Å². The van der Waals surface area contributed by atoms with Crippen molar-refractivity contribution in [1.29, 1.82) is 0 Å². The van der Waals surface area contributed by atoms with Gasteiger partial charge in [-0.15, -0.1) is 0 Å². The Bertz CT molecular complexity index is 331. The molecule has 0 aliphatic rings. The number of ether oxygens (including phenoxy) is 2. The van der Waals surface area contributed by atoms with Crippen LogP contribution in [-0.4, -0.2) is 19.3 Å². The Balaban J connectivity index is 2.62. The minimum Gasteiger partial charge on any atom is -0.497 e. The molecule has 3 nitrogen and oxygen atoms in total. The molecule has 0 aromatic heterocycles. The van der Waals surface area contributed by atoms with Crippen LogP contribution in [0, 0.1) is 0 Å². The summed E-state index contributed by atoms with van der Waals surface area (Å²) in [6.45, 7) is 6.57. The summed E-state index contributed by atoms with van der Waals surface area (Å²) < 4.78 is 10.8. The number of nitrogens with two attached hydrogens (primary N) is 1.